The van der Waals surface area contributed by atoms with E-state index in [4.69, 9.17) is 0 Å². The van der Waals surface area contributed by atoms with E-state index in [1.54, 1.807) is 6.92 Å². The Morgan fingerprint density at radius 2 is 2.13 bits per heavy atom. The monoisotopic (exact) mass is 361 g/mol. The predicted molar refractivity (Wildman–Crippen MR) is 90.2 cm³/mol. The van der Waals surface area contributed by atoms with Crippen molar-refractivity contribution >= 4 is 32.7 Å². The van der Waals surface area contributed by atoms with Crippen molar-refractivity contribution < 1.29 is 13.2 Å². The van der Waals surface area contributed by atoms with Crippen LogP contribution in [0.1, 0.15) is 39.9 Å². The van der Waals surface area contributed by atoms with Crippen LogP contribution in [0.3, 0.4) is 0 Å². The maximum absolute atomic E-state index is 12.2. The summed E-state index contributed by atoms with van der Waals surface area (Å²) in [5, 5.41) is 2.56. The highest BCUT2D eigenvalue weighted by Gasteiger charge is 2.35. The standard InChI is InChI=1S/C13H23N5O3S2/c1-5-14-23(20,21)9-6-7-18(8-9)12(19)16-11-15-10(17-22-11)13(2,3)4/h9,14H,5-8H2,1-4H3,(H,15,16,17,19). The second-order valence-corrected chi connectivity index (χ2v) is 9.30. The van der Waals surface area contributed by atoms with E-state index < -0.39 is 15.3 Å². The number of nitrogens with zero attached hydrogens (tertiary/aromatic N) is 3. The van der Waals surface area contributed by atoms with Crippen LogP contribution in [0, 0.1) is 0 Å². The van der Waals surface area contributed by atoms with Crippen molar-refractivity contribution in [3.05, 3.63) is 5.82 Å². The van der Waals surface area contributed by atoms with Gasteiger partial charge in [-0.25, -0.2) is 22.9 Å². The number of nitrogens with one attached hydrogen (secondary N) is 2. The van der Waals surface area contributed by atoms with Gasteiger partial charge in [0.05, 0.1) is 5.25 Å². The first-order valence-corrected chi connectivity index (χ1v) is 9.84. The van der Waals surface area contributed by atoms with Crippen molar-refractivity contribution in [3.63, 3.8) is 0 Å². The van der Waals surface area contributed by atoms with Crippen molar-refractivity contribution in [2.24, 2.45) is 0 Å². The molecular weight excluding hydrogens is 338 g/mol. The Morgan fingerprint density at radius 1 is 1.43 bits per heavy atom. The number of urea groups is 1. The molecule has 1 saturated heterocycles. The lowest BCUT2D eigenvalue weighted by atomic mass is 9.96. The molecule has 0 spiro atoms. The van der Waals surface area contributed by atoms with Gasteiger partial charge in [-0.3, -0.25) is 5.32 Å². The van der Waals surface area contributed by atoms with Gasteiger partial charge in [-0.05, 0) is 6.42 Å². The van der Waals surface area contributed by atoms with E-state index in [1.807, 2.05) is 20.8 Å². The van der Waals surface area contributed by atoms with Crippen LogP contribution in [0.5, 0.6) is 0 Å². The van der Waals surface area contributed by atoms with Crippen molar-refractivity contribution in [1.29, 1.82) is 0 Å². The van der Waals surface area contributed by atoms with Crippen LogP contribution < -0.4 is 10.0 Å². The number of likely N-dealkylation sites (tertiary alicyclic amines) is 1. The molecule has 10 heteroatoms. The van der Waals surface area contributed by atoms with E-state index in [9.17, 15) is 13.2 Å². The third-order valence-electron chi connectivity index (χ3n) is 3.53. The molecule has 2 amide bonds. The molecule has 0 aromatic carbocycles. The number of amides is 2. The minimum absolute atomic E-state index is 0.182. The summed E-state index contributed by atoms with van der Waals surface area (Å²) in [6.07, 6.45) is 0.437. The molecule has 1 unspecified atom stereocenters. The van der Waals surface area contributed by atoms with Crippen molar-refractivity contribution in [1.82, 2.24) is 19.0 Å². The van der Waals surface area contributed by atoms with E-state index in [0.29, 0.717) is 30.5 Å². The van der Waals surface area contributed by atoms with Gasteiger partial charge >= 0.3 is 6.03 Å². The van der Waals surface area contributed by atoms with Gasteiger partial charge in [0.2, 0.25) is 15.2 Å². The molecule has 8 nitrogen and oxygen atoms in total. The number of aromatic nitrogens is 2. The fraction of sp³-hybridized carbons (Fsp3) is 0.769. The van der Waals surface area contributed by atoms with Crippen LogP contribution in [0.25, 0.3) is 0 Å². The van der Waals surface area contributed by atoms with Gasteiger partial charge in [0.1, 0.15) is 5.82 Å². The fourth-order valence-electron chi connectivity index (χ4n) is 2.23. The smallest absolute Gasteiger partial charge is 0.323 e. The Labute approximate surface area is 140 Å². The number of hydrogen-bond acceptors (Lipinski definition) is 6. The SMILES string of the molecule is CCNS(=O)(=O)C1CCN(C(=O)Nc2nc(C(C)(C)C)ns2)C1. The van der Waals surface area contributed by atoms with Gasteiger partial charge in [-0.2, -0.15) is 4.37 Å². The fourth-order valence-corrected chi connectivity index (χ4v) is 4.41. The Balaban J connectivity index is 1.96. The number of sulfonamides is 1. The van der Waals surface area contributed by atoms with Gasteiger partial charge in [-0.15, -0.1) is 0 Å². The second kappa shape index (κ2) is 6.70. The van der Waals surface area contributed by atoms with E-state index in [-0.39, 0.29) is 18.0 Å². The number of anilines is 1. The number of carbonyl (C=O) groups is 1. The van der Waals surface area contributed by atoms with Gasteiger partial charge in [0.25, 0.3) is 0 Å². The molecule has 23 heavy (non-hydrogen) atoms. The lowest BCUT2D eigenvalue weighted by Gasteiger charge is -2.16. The molecule has 2 heterocycles. The first-order chi connectivity index (χ1) is 10.6. The zero-order chi connectivity index (χ0) is 17.3. The summed E-state index contributed by atoms with van der Waals surface area (Å²) in [5.74, 6) is 0.673. The Bertz CT molecular complexity index is 665. The van der Waals surface area contributed by atoms with E-state index in [2.05, 4.69) is 19.4 Å². The van der Waals surface area contributed by atoms with E-state index in [0.717, 1.165) is 11.5 Å². The molecule has 1 atom stereocenters. The molecule has 1 aromatic rings. The average Bonchev–Trinajstić information content (AvgIpc) is 3.06. The molecule has 0 bridgehead atoms. The minimum Gasteiger partial charge on any atom is -0.323 e. The number of hydrogen-bond donors (Lipinski definition) is 2. The molecule has 2 N–H and O–H groups in total. The molecule has 1 aliphatic heterocycles. The molecule has 130 valence electrons. The topological polar surface area (TPSA) is 104 Å². The highest BCUT2D eigenvalue weighted by Crippen LogP contribution is 2.24. The first kappa shape index (κ1) is 18.1. The molecule has 0 aliphatic carbocycles. The first-order valence-electron chi connectivity index (χ1n) is 7.52. The molecule has 1 aliphatic rings. The summed E-state index contributed by atoms with van der Waals surface area (Å²) in [6.45, 7) is 8.68. The quantitative estimate of drug-likeness (QED) is 0.843. The molecule has 0 radical (unpaired) electrons. The summed E-state index contributed by atoms with van der Waals surface area (Å²) in [5.41, 5.74) is -0.182. The highest BCUT2D eigenvalue weighted by molar-refractivity contribution is 7.90. The maximum atomic E-state index is 12.2. The zero-order valence-corrected chi connectivity index (χ0v) is 15.4. The summed E-state index contributed by atoms with van der Waals surface area (Å²) >= 11 is 1.13. The van der Waals surface area contributed by atoms with Crippen LogP contribution in [0.15, 0.2) is 0 Å². The zero-order valence-electron chi connectivity index (χ0n) is 13.8. The Hall–Kier alpha value is -1.26. The van der Waals surface area contributed by atoms with Gasteiger partial charge < -0.3 is 4.90 Å². The van der Waals surface area contributed by atoms with Gasteiger partial charge in [0, 0.05) is 36.6 Å². The summed E-state index contributed by atoms with van der Waals surface area (Å²) in [7, 11) is -3.36. The summed E-state index contributed by atoms with van der Waals surface area (Å²) < 4.78 is 30.7. The van der Waals surface area contributed by atoms with Gasteiger partial charge in [-0.1, -0.05) is 27.7 Å². The Kier molecular flexibility index (Phi) is 5.27. The number of carbonyl (C=O) groups excluding carboxylic acids is 1. The van der Waals surface area contributed by atoms with Crippen molar-refractivity contribution in [2.45, 2.75) is 44.8 Å². The van der Waals surface area contributed by atoms with Crippen LogP contribution in [-0.2, 0) is 15.4 Å². The minimum atomic E-state index is -3.36. The van der Waals surface area contributed by atoms with Crippen LogP contribution >= 0.6 is 11.5 Å². The predicted octanol–water partition coefficient (Wildman–Crippen LogP) is 1.38. The molecular formula is C13H23N5O3S2. The van der Waals surface area contributed by atoms with Crippen LogP contribution in [0.2, 0.25) is 0 Å². The third-order valence-corrected chi connectivity index (χ3v) is 6.11. The van der Waals surface area contributed by atoms with Crippen molar-refractivity contribution in [3.8, 4) is 0 Å². The maximum Gasteiger partial charge on any atom is 0.323 e. The van der Waals surface area contributed by atoms with Crippen molar-refractivity contribution in [2.75, 3.05) is 25.0 Å². The molecule has 1 fully saturated rings. The third kappa shape index (κ3) is 4.39. The number of rotatable bonds is 4. The highest BCUT2D eigenvalue weighted by atomic mass is 32.2. The van der Waals surface area contributed by atoms with Crippen LogP contribution in [-0.4, -0.2) is 53.6 Å². The Morgan fingerprint density at radius 3 is 2.70 bits per heavy atom. The van der Waals surface area contributed by atoms with E-state index >= 15 is 0 Å². The molecule has 1 aromatic heterocycles. The lowest BCUT2D eigenvalue weighted by Crippen LogP contribution is -2.38. The molecule has 0 saturated carbocycles. The second-order valence-electron chi connectivity index (χ2n) is 6.50. The van der Waals surface area contributed by atoms with E-state index in [1.165, 1.54) is 4.90 Å². The summed E-state index contributed by atoms with van der Waals surface area (Å²) in [6, 6.07) is -0.337. The summed E-state index contributed by atoms with van der Waals surface area (Å²) in [4.78, 5) is 18.0. The van der Waals surface area contributed by atoms with Crippen LogP contribution in [0.4, 0.5) is 9.93 Å². The largest absolute Gasteiger partial charge is 0.323 e. The normalized spacial score (nSPS) is 19.1. The average molecular weight is 361 g/mol. The van der Waals surface area contributed by atoms with Gasteiger partial charge in [0.15, 0.2) is 0 Å². The lowest BCUT2D eigenvalue weighted by molar-refractivity contribution is 0.222. The molecule has 2 rings (SSSR count).